The Morgan fingerprint density at radius 3 is 2.44 bits per heavy atom. The van der Waals surface area contributed by atoms with Gasteiger partial charge in [-0.25, -0.2) is 8.42 Å². The molecule has 1 saturated carbocycles. The normalized spacial score (nSPS) is 24.9. The van der Waals surface area contributed by atoms with Crippen molar-refractivity contribution in [3.8, 4) is 0 Å². The third kappa shape index (κ3) is 4.09. The summed E-state index contributed by atoms with van der Waals surface area (Å²) in [5.74, 6) is -0.297. The molecule has 0 saturated heterocycles. The molecular formula is C10H20N2O3S. The highest BCUT2D eigenvalue weighted by Gasteiger charge is 2.46. The van der Waals surface area contributed by atoms with E-state index in [9.17, 15) is 13.2 Å². The highest BCUT2D eigenvalue weighted by molar-refractivity contribution is 7.90. The molecule has 0 bridgehead atoms. The molecule has 0 aromatic rings. The second-order valence-electron chi connectivity index (χ2n) is 5.28. The van der Waals surface area contributed by atoms with Crippen molar-refractivity contribution in [2.24, 2.45) is 11.1 Å². The maximum Gasteiger partial charge on any atom is 0.237 e. The lowest BCUT2D eigenvalue weighted by Gasteiger charge is -2.12. The monoisotopic (exact) mass is 248 g/mol. The van der Waals surface area contributed by atoms with Gasteiger partial charge in [0, 0.05) is 12.3 Å². The van der Waals surface area contributed by atoms with Gasteiger partial charge in [-0.3, -0.25) is 4.79 Å². The number of carbonyl (C=O) groups excluding carboxylic acids is 1. The molecule has 16 heavy (non-hydrogen) atoms. The predicted octanol–water partition coefficient (Wildman–Crippen LogP) is -0.337. The molecule has 1 aliphatic carbocycles. The van der Waals surface area contributed by atoms with Crippen molar-refractivity contribution < 1.29 is 13.2 Å². The Labute approximate surface area is 96.7 Å². The number of rotatable bonds is 5. The van der Waals surface area contributed by atoms with Gasteiger partial charge in [-0.2, -0.15) is 0 Å². The van der Waals surface area contributed by atoms with E-state index in [0.29, 0.717) is 0 Å². The minimum Gasteiger partial charge on any atom is -0.351 e. The molecule has 1 aliphatic rings. The molecule has 2 unspecified atom stereocenters. The SMILES string of the molecule is CC1(C)CC1NC(=O)C(N)CCS(C)(=O)=O. The van der Waals surface area contributed by atoms with Gasteiger partial charge in [0.25, 0.3) is 0 Å². The zero-order valence-electron chi connectivity index (χ0n) is 9.99. The minimum absolute atomic E-state index is 0.0460. The van der Waals surface area contributed by atoms with Crippen LogP contribution >= 0.6 is 0 Å². The van der Waals surface area contributed by atoms with E-state index >= 15 is 0 Å². The number of hydrogen-bond acceptors (Lipinski definition) is 4. The fraction of sp³-hybridized carbons (Fsp3) is 0.900. The summed E-state index contributed by atoms with van der Waals surface area (Å²) in [5.41, 5.74) is 5.77. The van der Waals surface area contributed by atoms with E-state index in [1.54, 1.807) is 0 Å². The van der Waals surface area contributed by atoms with Gasteiger partial charge in [-0.1, -0.05) is 13.8 Å². The molecular weight excluding hydrogens is 228 g/mol. The lowest BCUT2D eigenvalue weighted by molar-refractivity contribution is -0.122. The second-order valence-corrected chi connectivity index (χ2v) is 7.54. The molecule has 0 aromatic heterocycles. The average molecular weight is 248 g/mol. The number of amides is 1. The summed E-state index contributed by atoms with van der Waals surface area (Å²) in [6, 6.07) is -0.546. The smallest absolute Gasteiger partial charge is 0.237 e. The highest BCUT2D eigenvalue weighted by atomic mass is 32.2. The second kappa shape index (κ2) is 4.33. The summed E-state index contributed by atoms with van der Waals surface area (Å²) >= 11 is 0. The Hall–Kier alpha value is -0.620. The zero-order chi connectivity index (χ0) is 12.6. The first-order valence-corrected chi connectivity index (χ1v) is 7.41. The summed E-state index contributed by atoms with van der Waals surface area (Å²) in [6.07, 6.45) is 2.27. The Morgan fingerprint density at radius 1 is 1.56 bits per heavy atom. The average Bonchev–Trinajstić information content (AvgIpc) is 2.68. The van der Waals surface area contributed by atoms with E-state index in [-0.39, 0.29) is 29.5 Å². The van der Waals surface area contributed by atoms with Crippen molar-refractivity contribution >= 4 is 15.7 Å². The van der Waals surface area contributed by atoms with Crippen molar-refractivity contribution in [2.45, 2.75) is 38.8 Å². The maximum atomic E-state index is 11.6. The van der Waals surface area contributed by atoms with Gasteiger partial charge in [0.15, 0.2) is 0 Å². The van der Waals surface area contributed by atoms with Crippen LogP contribution in [0.3, 0.4) is 0 Å². The fourth-order valence-electron chi connectivity index (χ4n) is 1.46. The van der Waals surface area contributed by atoms with Gasteiger partial charge < -0.3 is 11.1 Å². The number of sulfone groups is 1. The highest BCUT2D eigenvalue weighted by Crippen LogP contribution is 2.44. The number of nitrogens with two attached hydrogens (primary N) is 1. The molecule has 2 atom stereocenters. The molecule has 1 amide bonds. The van der Waals surface area contributed by atoms with Crippen LogP contribution in [0.1, 0.15) is 26.7 Å². The van der Waals surface area contributed by atoms with Crippen LogP contribution in [0.15, 0.2) is 0 Å². The van der Waals surface area contributed by atoms with Gasteiger partial charge >= 0.3 is 0 Å². The topological polar surface area (TPSA) is 89.3 Å². The summed E-state index contributed by atoms with van der Waals surface area (Å²) in [6.45, 7) is 4.14. The van der Waals surface area contributed by atoms with Crippen molar-refractivity contribution in [3.05, 3.63) is 0 Å². The van der Waals surface area contributed by atoms with E-state index in [4.69, 9.17) is 5.73 Å². The van der Waals surface area contributed by atoms with Crippen LogP contribution in [-0.4, -0.2) is 38.4 Å². The molecule has 0 heterocycles. The number of hydrogen-bond donors (Lipinski definition) is 2. The molecule has 6 heteroatoms. The Bertz CT molecular complexity index is 376. The first-order chi connectivity index (χ1) is 7.12. The molecule has 0 radical (unpaired) electrons. The largest absolute Gasteiger partial charge is 0.351 e. The summed E-state index contributed by atoms with van der Waals surface area (Å²) in [4.78, 5) is 11.6. The van der Waals surface area contributed by atoms with Gasteiger partial charge in [-0.15, -0.1) is 0 Å². The van der Waals surface area contributed by atoms with Crippen LogP contribution in [-0.2, 0) is 14.6 Å². The molecule has 0 aromatic carbocycles. The first kappa shape index (κ1) is 13.4. The number of nitrogens with one attached hydrogen (secondary N) is 1. The van der Waals surface area contributed by atoms with Crippen LogP contribution in [0.25, 0.3) is 0 Å². The van der Waals surface area contributed by atoms with Gasteiger partial charge in [0.1, 0.15) is 9.84 Å². The Morgan fingerprint density at radius 2 is 2.06 bits per heavy atom. The maximum absolute atomic E-state index is 11.6. The van der Waals surface area contributed by atoms with Gasteiger partial charge in [-0.05, 0) is 18.3 Å². The van der Waals surface area contributed by atoms with Crippen LogP contribution in [0.2, 0.25) is 0 Å². The lowest BCUT2D eigenvalue weighted by atomic mass is 10.2. The van der Waals surface area contributed by atoms with E-state index in [1.165, 1.54) is 0 Å². The van der Waals surface area contributed by atoms with E-state index < -0.39 is 15.9 Å². The summed E-state index contributed by atoms with van der Waals surface area (Å²) in [7, 11) is -3.05. The fourth-order valence-corrected chi connectivity index (χ4v) is 2.15. The van der Waals surface area contributed by atoms with Crippen LogP contribution in [0, 0.1) is 5.41 Å². The molecule has 3 N–H and O–H groups in total. The molecule has 1 fully saturated rings. The first-order valence-electron chi connectivity index (χ1n) is 5.35. The van der Waals surface area contributed by atoms with E-state index in [2.05, 4.69) is 19.2 Å². The summed E-state index contributed by atoms with van der Waals surface area (Å²) < 4.78 is 21.8. The van der Waals surface area contributed by atoms with Crippen molar-refractivity contribution in [1.82, 2.24) is 5.32 Å². The quantitative estimate of drug-likeness (QED) is 0.697. The van der Waals surface area contributed by atoms with Gasteiger partial charge in [0.05, 0.1) is 11.8 Å². The Kier molecular flexibility index (Phi) is 3.64. The van der Waals surface area contributed by atoms with E-state index in [0.717, 1.165) is 12.7 Å². The predicted molar refractivity (Wildman–Crippen MR) is 62.6 cm³/mol. The van der Waals surface area contributed by atoms with Crippen LogP contribution in [0.4, 0.5) is 0 Å². The molecule has 0 spiro atoms. The standard InChI is InChI=1S/C10H20N2O3S/c1-10(2)6-8(10)12-9(13)7(11)4-5-16(3,14)15/h7-8H,4-6,11H2,1-3H3,(H,12,13). The lowest BCUT2D eigenvalue weighted by Crippen LogP contribution is -2.43. The molecule has 1 rings (SSSR count). The van der Waals surface area contributed by atoms with Crippen LogP contribution < -0.4 is 11.1 Å². The summed E-state index contributed by atoms with van der Waals surface area (Å²) in [5, 5.41) is 2.82. The number of carbonyl (C=O) groups is 1. The molecule has 94 valence electrons. The van der Waals surface area contributed by atoms with Crippen LogP contribution in [0.5, 0.6) is 0 Å². The van der Waals surface area contributed by atoms with Crippen molar-refractivity contribution in [2.75, 3.05) is 12.0 Å². The minimum atomic E-state index is -3.05. The zero-order valence-corrected chi connectivity index (χ0v) is 10.8. The third-order valence-corrected chi connectivity index (χ3v) is 3.94. The van der Waals surface area contributed by atoms with Crippen molar-refractivity contribution in [1.29, 1.82) is 0 Å². The van der Waals surface area contributed by atoms with Crippen molar-refractivity contribution in [3.63, 3.8) is 0 Å². The molecule has 0 aliphatic heterocycles. The Balaban J connectivity index is 2.32. The van der Waals surface area contributed by atoms with E-state index in [1.807, 2.05) is 0 Å². The van der Waals surface area contributed by atoms with Gasteiger partial charge in [0.2, 0.25) is 5.91 Å². The molecule has 5 nitrogen and oxygen atoms in total. The third-order valence-electron chi connectivity index (χ3n) is 2.97.